The molecule has 0 unspecified atom stereocenters. The molecule has 8 aromatic carbocycles. The van der Waals surface area contributed by atoms with Crippen molar-refractivity contribution in [1.82, 2.24) is 14.5 Å². The van der Waals surface area contributed by atoms with Crippen molar-refractivity contribution >= 4 is 65.6 Å². The highest BCUT2D eigenvalue weighted by atomic mass is 16.3. The van der Waals surface area contributed by atoms with Gasteiger partial charge in [0.25, 0.3) is 0 Å². The predicted octanol–water partition coefficient (Wildman–Crippen LogP) is 13.8. The summed E-state index contributed by atoms with van der Waals surface area (Å²) in [5.74, 6) is 0.847. The Hall–Kier alpha value is -7.82. The molecular formula is C55H31N3O. The largest absolute Gasteiger partial charge is 0.456 e. The second-order valence-corrected chi connectivity index (χ2v) is 15.9. The lowest BCUT2D eigenvalue weighted by Crippen LogP contribution is -2.26. The van der Waals surface area contributed by atoms with Gasteiger partial charge in [-0.1, -0.05) is 146 Å². The summed E-state index contributed by atoms with van der Waals surface area (Å²) >= 11 is 0. The molecule has 272 valence electrons. The van der Waals surface area contributed by atoms with Gasteiger partial charge in [-0.2, -0.15) is 0 Å². The van der Waals surface area contributed by atoms with Gasteiger partial charge in [-0.3, -0.25) is 9.55 Å². The summed E-state index contributed by atoms with van der Waals surface area (Å²) in [5, 5.41) is 7.10. The maximum Gasteiger partial charge on any atom is 0.139 e. The lowest BCUT2D eigenvalue weighted by molar-refractivity contribution is 0.669. The van der Waals surface area contributed by atoms with Crippen LogP contribution in [0.1, 0.15) is 22.3 Å². The third-order valence-electron chi connectivity index (χ3n) is 13.2. The topological polar surface area (TPSA) is 43.9 Å². The molecule has 0 aliphatic heterocycles. The third kappa shape index (κ3) is 3.80. The van der Waals surface area contributed by atoms with Crippen LogP contribution in [0.25, 0.3) is 105 Å². The molecule has 0 atom stereocenters. The minimum atomic E-state index is -0.573. The number of hydrogen-bond donors (Lipinski definition) is 0. The van der Waals surface area contributed by atoms with Crippen molar-refractivity contribution in [2.24, 2.45) is 0 Å². The number of para-hydroxylation sites is 2. The van der Waals surface area contributed by atoms with Crippen LogP contribution in [0.15, 0.2) is 193 Å². The lowest BCUT2D eigenvalue weighted by atomic mass is 9.70. The van der Waals surface area contributed by atoms with E-state index >= 15 is 0 Å². The van der Waals surface area contributed by atoms with Gasteiger partial charge in [-0.25, -0.2) is 4.98 Å². The Kier molecular flexibility index (Phi) is 5.93. The van der Waals surface area contributed by atoms with Gasteiger partial charge in [-0.05, 0) is 91.7 Å². The van der Waals surface area contributed by atoms with Crippen LogP contribution in [-0.4, -0.2) is 14.5 Å². The van der Waals surface area contributed by atoms with Crippen molar-refractivity contribution in [2.75, 3.05) is 0 Å². The van der Waals surface area contributed by atoms with E-state index in [-0.39, 0.29) is 0 Å². The quantitative estimate of drug-likeness (QED) is 0.177. The molecule has 4 heterocycles. The first-order valence-corrected chi connectivity index (χ1v) is 20.2. The van der Waals surface area contributed by atoms with Crippen LogP contribution in [0.4, 0.5) is 0 Å². The molecule has 0 saturated heterocycles. The smallest absolute Gasteiger partial charge is 0.139 e. The van der Waals surface area contributed by atoms with Crippen molar-refractivity contribution in [2.45, 2.75) is 5.41 Å². The maximum absolute atomic E-state index is 6.44. The SMILES string of the molecule is c1ccc2c(c1)-c1ccccc1C21c2ccccc2-c2c1c1c(c3ccccc23)c2ccccc2n1-c1cc(-c2cccc3oc4ccccc4c23)c2ncccc2n1. The number of nitrogens with zero attached hydrogens (tertiary/aromatic N) is 3. The van der Waals surface area contributed by atoms with Crippen molar-refractivity contribution in [3.8, 4) is 39.2 Å². The van der Waals surface area contributed by atoms with E-state index in [1.807, 2.05) is 24.4 Å². The van der Waals surface area contributed by atoms with Gasteiger partial charge in [-0.15, -0.1) is 0 Å². The molecule has 0 saturated carbocycles. The first-order chi connectivity index (χ1) is 29.3. The highest BCUT2D eigenvalue weighted by Gasteiger charge is 2.53. The molecule has 0 bridgehead atoms. The first-order valence-electron chi connectivity index (χ1n) is 20.2. The minimum absolute atomic E-state index is 0.573. The van der Waals surface area contributed by atoms with Gasteiger partial charge < -0.3 is 4.42 Å². The molecule has 4 aromatic heterocycles. The van der Waals surface area contributed by atoms with Crippen molar-refractivity contribution in [3.05, 3.63) is 210 Å². The Balaban J connectivity index is 1.22. The average Bonchev–Trinajstić information content (AvgIpc) is 4.03. The van der Waals surface area contributed by atoms with Gasteiger partial charge in [0.2, 0.25) is 0 Å². The van der Waals surface area contributed by atoms with Crippen LogP contribution >= 0.6 is 0 Å². The zero-order valence-corrected chi connectivity index (χ0v) is 31.6. The molecule has 0 amide bonds. The molecule has 59 heavy (non-hydrogen) atoms. The van der Waals surface area contributed by atoms with E-state index in [0.717, 1.165) is 55.4 Å². The van der Waals surface area contributed by atoms with E-state index in [1.54, 1.807) is 0 Å². The van der Waals surface area contributed by atoms with E-state index in [1.165, 1.54) is 71.6 Å². The van der Waals surface area contributed by atoms with E-state index in [2.05, 4.69) is 168 Å². The summed E-state index contributed by atoms with van der Waals surface area (Å²) in [6.45, 7) is 0. The fraction of sp³-hybridized carbons (Fsp3) is 0.0182. The Morgan fingerprint density at radius 2 is 1.07 bits per heavy atom. The molecule has 14 rings (SSSR count). The Morgan fingerprint density at radius 1 is 0.458 bits per heavy atom. The van der Waals surface area contributed by atoms with Crippen LogP contribution in [0.2, 0.25) is 0 Å². The summed E-state index contributed by atoms with van der Waals surface area (Å²) in [6.07, 6.45) is 1.87. The fourth-order valence-electron chi connectivity index (χ4n) is 11.1. The Bertz CT molecular complexity index is 3770. The average molecular weight is 750 g/mol. The molecule has 4 nitrogen and oxygen atoms in total. The van der Waals surface area contributed by atoms with E-state index < -0.39 is 5.41 Å². The number of furan rings is 1. The van der Waals surface area contributed by atoms with Crippen LogP contribution in [0.5, 0.6) is 0 Å². The van der Waals surface area contributed by atoms with Gasteiger partial charge in [0.15, 0.2) is 0 Å². The van der Waals surface area contributed by atoms with Gasteiger partial charge in [0, 0.05) is 38.9 Å². The summed E-state index contributed by atoms with van der Waals surface area (Å²) in [5.41, 5.74) is 17.6. The molecule has 0 N–H and O–H groups in total. The molecule has 0 fully saturated rings. The summed E-state index contributed by atoms with van der Waals surface area (Å²) in [7, 11) is 0. The second kappa shape index (κ2) is 11.2. The molecule has 12 aromatic rings. The van der Waals surface area contributed by atoms with Gasteiger partial charge >= 0.3 is 0 Å². The van der Waals surface area contributed by atoms with Crippen LogP contribution in [0, 0.1) is 0 Å². The predicted molar refractivity (Wildman–Crippen MR) is 240 cm³/mol. The van der Waals surface area contributed by atoms with Crippen LogP contribution in [-0.2, 0) is 5.41 Å². The van der Waals surface area contributed by atoms with E-state index in [0.29, 0.717) is 0 Å². The summed E-state index contributed by atoms with van der Waals surface area (Å²) < 4.78 is 8.91. The fourth-order valence-corrected chi connectivity index (χ4v) is 11.1. The van der Waals surface area contributed by atoms with Crippen molar-refractivity contribution in [3.63, 3.8) is 0 Å². The summed E-state index contributed by atoms with van der Waals surface area (Å²) in [4.78, 5) is 10.6. The van der Waals surface area contributed by atoms with Gasteiger partial charge in [0.05, 0.1) is 27.5 Å². The minimum Gasteiger partial charge on any atom is -0.456 e. The monoisotopic (exact) mass is 749 g/mol. The molecule has 2 aliphatic rings. The number of rotatable bonds is 2. The van der Waals surface area contributed by atoms with Crippen molar-refractivity contribution < 1.29 is 4.42 Å². The Morgan fingerprint density at radius 3 is 1.86 bits per heavy atom. The Labute approximate surface area is 338 Å². The number of aromatic nitrogens is 3. The number of benzene rings is 8. The normalized spacial score (nSPS) is 13.6. The molecule has 0 radical (unpaired) electrons. The molecule has 2 aliphatic carbocycles. The van der Waals surface area contributed by atoms with Crippen molar-refractivity contribution in [1.29, 1.82) is 0 Å². The van der Waals surface area contributed by atoms with Crippen LogP contribution < -0.4 is 0 Å². The number of fused-ring (bicyclic) bond motifs is 21. The summed E-state index contributed by atoms with van der Waals surface area (Å²) in [6, 6.07) is 66.2. The molecule has 1 spiro atoms. The van der Waals surface area contributed by atoms with Crippen LogP contribution in [0.3, 0.4) is 0 Å². The highest BCUT2D eigenvalue weighted by Crippen LogP contribution is 2.66. The molecule has 4 heteroatoms. The zero-order chi connectivity index (χ0) is 38.4. The van der Waals surface area contributed by atoms with E-state index in [4.69, 9.17) is 14.4 Å². The number of pyridine rings is 2. The standard InChI is InChI=1S/C55H31N3O/c1-2-18-35-34(17-1)50-37-19-5-10-25-43(37)55(41-23-8-3-15-32(41)33-16-4-9-24-42(33)55)52(50)54-51(35)38-20-6-11-27-45(38)58(54)48-31-40(53-44(57-48)26-14-30-56-53)36-22-13-29-47-49(36)39-21-7-12-28-46(39)59-47/h1-31H. The first kappa shape index (κ1) is 31.3. The highest BCUT2D eigenvalue weighted by molar-refractivity contribution is 6.28. The zero-order valence-electron chi connectivity index (χ0n) is 31.6. The second-order valence-electron chi connectivity index (χ2n) is 15.9. The third-order valence-corrected chi connectivity index (χ3v) is 13.2. The van der Waals surface area contributed by atoms with E-state index in [9.17, 15) is 0 Å². The number of hydrogen-bond acceptors (Lipinski definition) is 3. The van der Waals surface area contributed by atoms with Gasteiger partial charge in [0.1, 0.15) is 17.0 Å². The molecular weight excluding hydrogens is 719 g/mol. The maximum atomic E-state index is 6.44. The lowest BCUT2D eigenvalue weighted by Gasteiger charge is -2.31.